The molecule has 0 radical (unpaired) electrons. The molecule has 1 saturated carbocycles. The molecule has 4 nitrogen and oxygen atoms in total. The van der Waals surface area contributed by atoms with E-state index in [0.717, 1.165) is 12.8 Å². The smallest absolute Gasteiger partial charge is 0.150 e. The van der Waals surface area contributed by atoms with Crippen LogP contribution in [0, 0.1) is 5.92 Å². The van der Waals surface area contributed by atoms with Gasteiger partial charge in [0.05, 0.1) is 17.0 Å². The van der Waals surface area contributed by atoms with Crippen molar-refractivity contribution in [1.82, 2.24) is 0 Å². The highest BCUT2D eigenvalue weighted by Gasteiger charge is 2.41. The van der Waals surface area contributed by atoms with Crippen molar-refractivity contribution in [1.29, 1.82) is 0 Å². The Morgan fingerprint density at radius 1 is 1.28 bits per heavy atom. The largest absolute Gasteiger partial charge is 0.390 e. The third kappa shape index (κ3) is 3.45. The first-order chi connectivity index (χ1) is 8.24. The third-order valence-corrected chi connectivity index (χ3v) is 6.13. The molecule has 1 aliphatic rings. The molecule has 0 bridgehead atoms. The molecule has 0 aliphatic heterocycles. The molecule has 0 saturated heterocycles. The van der Waals surface area contributed by atoms with Crippen LogP contribution in [0.2, 0.25) is 0 Å². The predicted molar refractivity (Wildman–Crippen MR) is 72.1 cm³/mol. The lowest BCUT2D eigenvalue weighted by Gasteiger charge is -2.39. The molecule has 0 aromatic rings. The van der Waals surface area contributed by atoms with Gasteiger partial charge in [0.2, 0.25) is 0 Å². The van der Waals surface area contributed by atoms with E-state index >= 15 is 0 Å². The highest BCUT2D eigenvalue weighted by molar-refractivity contribution is 7.91. The molecule has 0 amide bonds. The van der Waals surface area contributed by atoms with Crippen molar-refractivity contribution in [2.24, 2.45) is 5.92 Å². The lowest BCUT2D eigenvalue weighted by Crippen LogP contribution is -2.48. The maximum absolute atomic E-state index is 11.6. The molecule has 0 heterocycles. The van der Waals surface area contributed by atoms with Gasteiger partial charge in [0, 0.05) is 6.26 Å². The quantitative estimate of drug-likeness (QED) is 0.799. The molecule has 2 N–H and O–H groups in total. The van der Waals surface area contributed by atoms with Gasteiger partial charge >= 0.3 is 0 Å². The Bertz CT molecular complexity index is 359. The van der Waals surface area contributed by atoms with Gasteiger partial charge in [0.25, 0.3) is 0 Å². The summed E-state index contributed by atoms with van der Waals surface area (Å²) in [4.78, 5) is 0. The maximum atomic E-state index is 11.6. The lowest BCUT2D eigenvalue weighted by atomic mass is 9.76. The predicted octanol–water partition coefficient (Wildman–Crippen LogP) is 1.50. The summed E-state index contributed by atoms with van der Waals surface area (Å²) in [5.41, 5.74) is -1.08. The van der Waals surface area contributed by atoms with Gasteiger partial charge in [0.15, 0.2) is 0 Å². The Morgan fingerprint density at radius 3 is 2.28 bits per heavy atom. The maximum Gasteiger partial charge on any atom is 0.150 e. The second kappa shape index (κ2) is 5.88. The van der Waals surface area contributed by atoms with Crippen LogP contribution in [0.4, 0.5) is 0 Å². The third-order valence-electron chi connectivity index (χ3n) is 4.49. The van der Waals surface area contributed by atoms with E-state index in [0.29, 0.717) is 25.7 Å². The van der Waals surface area contributed by atoms with E-state index in [1.54, 1.807) is 0 Å². The summed E-state index contributed by atoms with van der Waals surface area (Å²) < 4.78 is 23.2. The summed E-state index contributed by atoms with van der Waals surface area (Å²) in [5, 5.41) is 20.3. The van der Waals surface area contributed by atoms with Crippen LogP contribution >= 0.6 is 0 Å². The van der Waals surface area contributed by atoms with Crippen LogP contribution in [0.15, 0.2) is 0 Å². The van der Waals surface area contributed by atoms with E-state index in [1.807, 2.05) is 13.8 Å². The summed E-state index contributed by atoms with van der Waals surface area (Å²) in [6, 6.07) is 0. The van der Waals surface area contributed by atoms with Gasteiger partial charge in [0.1, 0.15) is 9.84 Å². The van der Waals surface area contributed by atoms with Crippen LogP contribution in [0.1, 0.15) is 52.4 Å². The number of sulfone groups is 1. The molecule has 1 rings (SSSR count). The van der Waals surface area contributed by atoms with Crippen molar-refractivity contribution in [3.63, 3.8) is 0 Å². The molecule has 0 aromatic heterocycles. The van der Waals surface area contributed by atoms with Gasteiger partial charge < -0.3 is 10.2 Å². The zero-order chi connectivity index (χ0) is 14.0. The van der Waals surface area contributed by atoms with Crippen molar-refractivity contribution in [3.8, 4) is 0 Å². The van der Waals surface area contributed by atoms with E-state index in [-0.39, 0.29) is 11.2 Å². The number of hydrogen-bond acceptors (Lipinski definition) is 4. The Morgan fingerprint density at radius 2 is 1.83 bits per heavy atom. The second-order valence-electron chi connectivity index (χ2n) is 5.63. The van der Waals surface area contributed by atoms with Crippen LogP contribution in [0.25, 0.3) is 0 Å². The summed E-state index contributed by atoms with van der Waals surface area (Å²) in [7, 11) is -3.04. The van der Waals surface area contributed by atoms with E-state index in [9.17, 15) is 18.6 Å². The minimum Gasteiger partial charge on any atom is -0.390 e. The summed E-state index contributed by atoms with van der Waals surface area (Å²) >= 11 is 0. The number of hydrogen-bond donors (Lipinski definition) is 2. The zero-order valence-corrected chi connectivity index (χ0v) is 12.4. The molecular formula is C13H26O4S. The van der Waals surface area contributed by atoms with Crippen molar-refractivity contribution < 1.29 is 18.6 Å². The molecule has 5 heteroatoms. The van der Waals surface area contributed by atoms with Gasteiger partial charge in [-0.15, -0.1) is 0 Å². The van der Waals surface area contributed by atoms with Crippen LogP contribution in [-0.4, -0.2) is 41.8 Å². The fourth-order valence-corrected chi connectivity index (χ4v) is 4.16. The standard InChI is InChI=1S/C13H26O4S/c1-4-13(15,5-2)12(14)10-7-6-8-11(9-10)18(3,16)17/h10-12,14-15H,4-9H2,1-3H3. The lowest BCUT2D eigenvalue weighted by molar-refractivity contribution is -0.110. The minimum absolute atomic E-state index is 0.108. The minimum atomic E-state index is -3.04. The molecule has 0 aromatic carbocycles. The first-order valence-corrected chi connectivity index (χ1v) is 8.79. The summed E-state index contributed by atoms with van der Waals surface area (Å²) in [6.45, 7) is 3.70. The Balaban J connectivity index is 2.78. The Kier molecular flexibility index (Phi) is 5.21. The van der Waals surface area contributed by atoms with Gasteiger partial charge in [-0.25, -0.2) is 8.42 Å². The van der Waals surface area contributed by atoms with Crippen molar-refractivity contribution in [3.05, 3.63) is 0 Å². The van der Waals surface area contributed by atoms with Crippen molar-refractivity contribution in [2.75, 3.05) is 6.26 Å². The van der Waals surface area contributed by atoms with Crippen LogP contribution in [0.3, 0.4) is 0 Å². The van der Waals surface area contributed by atoms with E-state index in [1.165, 1.54) is 6.26 Å². The van der Waals surface area contributed by atoms with E-state index < -0.39 is 21.5 Å². The van der Waals surface area contributed by atoms with Crippen LogP contribution in [0.5, 0.6) is 0 Å². The van der Waals surface area contributed by atoms with Crippen molar-refractivity contribution >= 4 is 9.84 Å². The van der Waals surface area contributed by atoms with Crippen LogP contribution in [-0.2, 0) is 9.84 Å². The monoisotopic (exact) mass is 278 g/mol. The molecule has 0 spiro atoms. The fraction of sp³-hybridized carbons (Fsp3) is 1.00. The molecule has 1 aliphatic carbocycles. The Hall–Kier alpha value is -0.130. The molecular weight excluding hydrogens is 252 g/mol. The highest BCUT2D eigenvalue weighted by Crippen LogP contribution is 2.36. The molecule has 108 valence electrons. The first kappa shape index (κ1) is 15.9. The van der Waals surface area contributed by atoms with Gasteiger partial charge in [-0.05, 0) is 38.0 Å². The van der Waals surface area contributed by atoms with Crippen LogP contribution < -0.4 is 0 Å². The fourth-order valence-electron chi connectivity index (χ4n) is 2.96. The molecule has 3 atom stereocenters. The normalized spacial score (nSPS) is 28.1. The summed E-state index contributed by atoms with van der Waals surface area (Å²) in [6.07, 6.45) is 4.18. The Labute approximate surface area is 110 Å². The van der Waals surface area contributed by atoms with Gasteiger partial charge in [-0.1, -0.05) is 20.3 Å². The highest BCUT2D eigenvalue weighted by atomic mass is 32.2. The average Bonchev–Trinajstić information content (AvgIpc) is 2.36. The number of rotatable bonds is 5. The topological polar surface area (TPSA) is 74.6 Å². The number of aliphatic hydroxyl groups is 2. The zero-order valence-electron chi connectivity index (χ0n) is 11.6. The molecule has 3 unspecified atom stereocenters. The SMILES string of the molecule is CCC(O)(CC)C(O)C1CCCC(S(C)(=O)=O)C1. The van der Waals surface area contributed by atoms with Crippen molar-refractivity contribution in [2.45, 2.75) is 69.3 Å². The summed E-state index contributed by atoms with van der Waals surface area (Å²) in [5.74, 6) is -0.108. The molecule has 1 fully saturated rings. The van der Waals surface area contributed by atoms with Gasteiger partial charge in [-0.2, -0.15) is 0 Å². The second-order valence-corrected chi connectivity index (χ2v) is 7.96. The van der Waals surface area contributed by atoms with E-state index in [4.69, 9.17) is 0 Å². The average molecular weight is 278 g/mol. The first-order valence-electron chi connectivity index (χ1n) is 6.84. The van der Waals surface area contributed by atoms with E-state index in [2.05, 4.69) is 0 Å². The molecule has 18 heavy (non-hydrogen) atoms. The number of aliphatic hydroxyl groups excluding tert-OH is 1. The van der Waals surface area contributed by atoms with Gasteiger partial charge in [-0.3, -0.25) is 0 Å².